The molecule has 2 heterocycles. The van der Waals surface area contributed by atoms with Gasteiger partial charge in [0, 0.05) is 34.0 Å². The number of phenols is 1. The molecular weight excluding hydrogens is 352 g/mol. The molecule has 3 rings (SSSR count). The van der Waals surface area contributed by atoms with Gasteiger partial charge in [-0.3, -0.25) is 4.79 Å². The average Bonchev–Trinajstić information content (AvgIpc) is 2.59. The Kier molecular flexibility index (Phi) is 5.47. The molecule has 0 spiro atoms. The molecule has 0 fully saturated rings. The highest BCUT2D eigenvalue weighted by molar-refractivity contribution is 6.31. The van der Waals surface area contributed by atoms with Gasteiger partial charge < -0.3 is 15.2 Å². The molecule has 1 amide bonds. The number of methoxy groups -OCH3 is 1. The predicted molar refractivity (Wildman–Crippen MR) is 101 cm³/mol. The molecule has 0 atom stereocenters. The fourth-order valence-corrected chi connectivity index (χ4v) is 3.39. The molecule has 0 radical (unpaired) electrons. The fourth-order valence-electron chi connectivity index (χ4n) is 3.18. The quantitative estimate of drug-likeness (QED) is 0.748. The van der Waals surface area contributed by atoms with Crippen molar-refractivity contribution in [3.63, 3.8) is 0 Å². The predicted octanol–water partition coefficient (Wildman–Crippen LogP) is 3.73. The number of halogens is 1. The zero-order chi connectivity index (χ0) is 18.7. The molecule has 0 saturated heterocycles. The van der Waals surface area contributed by atoms with Crippen molar-refractivity contribution in [1.29, 1.82) is 0 Å². The van der Waals surface area contributed by atoms with Gasteiger partial charge in [-0.15, -0.1) is 0 Å². The van der Waals surface area contributed by atoms with E-state index >= 15 is 0 Å². The van der Waals surface area contributed by atoms with Crippen LogP contribution in [0.15, 0.2) is 30.4 Å². The summed E-state index contributed by atoms with van der Waals surface area (Å²) in [6, 6.07) is 5.07. The summed E-state index contributed by atoms with van der Waals surface area (Å²) in [6.45, 7) is 2.22. The Bertz CT molecular complexity index is 878. The first kappa shape index (κ1) is 18.3. The van der Waals surface area contributed by atoms with Crippen LogP contribution in [0.4, 0.5) is 0 Å². The Labute approximate surface area is 157 Å². The number of hydrogen-bond acceptors (Lipinski definition) is 4. The number of nitrogens with zero attached hydrogens (tertiary/aromatic N) is 1. The van der Waals surface area contributed by atoms with Gasteiger partial charge in [-0.25, -0.2) is 4.98 Å². The number of phenolic OH excluding ortho intramolecular Hbond substituents is 1. The monoisotopic (exact) mass is 372 g/mol. The van der Waals surface area contributed by atoms with Gasteiger partial charge in [0.15, 0.2) is 0 Å². The fraction of sp³-hybridized carbons (Fsp3) is 0.300. The van der Waals surface area contributed by atoms with E-state index in [1.807, 2.05) is 19.1 Å². The Morgan fingerprint density at radius 2 is 2.04 bits per heavy atom. The maximum Gasteiger partial charge on any atom is 0.252 e. The first-order valence-electron chi connectivity index (χ1n) is 8.47. The van der Waals surface area contributed by atoms with Crippen LogP contribution in [-0.4, -0.2) is 23.1 Å². The summed E-state index contributed by atoms with van der Waals surface area (Å²) in [5.41, 5.74) is 3.80. The van der Waals surface area contributed by atoms with Crippen LogP contribution in [0, 0.1) is 6.92 Å². The standard InChI is InChI=1S/C20H21ClN2O3/c1-12-8-13-6-4-3-5-7-15-16(9-14(21)10-18(15)24)19(25)22-11-17(13)20(23-12)26-2/h3,5,8-10,24H,4,6-7,11H2,1-2H3,(H,22,25)/b5-3-. The van der Waals surface area contributed by atoms with Crippen LogP contribution in [0.2, 0.25) is 5.02 Å². The van der Waals surface area contributed by atoms with Gasteiger partial charge in [0.1, 0.15) is 5.75 Å². The molecule has 1 aromatic heterocycles. The van der Waals surface area contributed by atoms with Gasteiger partial charge >= 0.3 is 0 Å². The van der Waals surface area contributed by atoms with Crippen LogP contribution < -0.4 is 10.1 Å². The first-order valence-corrected chi connectivity index (χ1v) is 8.85. The molecule has 5 nitrogen and oxygen atoms in total. The second-order valence-electron chi connectivity index (χ2n) is 6.26. The third-order valence-electron chi connectivity index (χ3n) is 4.43. The summed E-state index contributed by atoms with van der Waals surface area (Å²) in [5.74, 6) is 0.260. The van der Waals surface area contributed by atoms with Gasteiger partial charge in [0.2, 0.25) is 5.88 Å². The van der Waals surface area contributed by atoms with E-state index in [0.29, 0.717) is 35.0 Å². The summed E-state index contributed by atoms with van der Waals surface area (Å²) < 4.78 is 5.42. The van der Waals surface area contributed by atoms with Crippen LogP contribution in [0.5, 0.6) is 11.6 Å². The third kappa shape index (κ3) is 3.83. The Morgan fingerprint density at radius 1 is 1.23 bits per heavy atom. The summed E-state index contributed by atoms with van der Waals surface area (Å²) >= 11 is 6.03. The van der Waals surface area contributed by atoms with Crippen molar-refractivity contribution in [2.75, 3.05) is 7.11 Å². The molecule has 0 aliphatic carbocycles. The second kappa shape index (κ2) is 7.79. The number of pyridine rings is 1. The van der Waals surface area contributed by atoms with E-state index in [9.17, 15) is 9.90 Å². The highest BCUT2D eigenvalue weighted by Gasteiger charge is 2.18. The topological polar surface area (TPSA) is 71.5 Å². The maximum atomic E-state index is 12.7. The van der Waals surface area contributed by atoms with Crippen LogP contribution in [-0.2, 0) is 19.4 Å². The van der Waals surface area contributed by atoms with E-state index in [1.165, 1.54) is 6.07 Å². The summed E-state index contributed by atoms with van der Waals surface area (Å²) in [6.07, 6.45) is 6.16. The summed E-state index contributed by atoms with van der Waals surface area (Å²) in [7, 11) is 1.58. The van der Waals surface area contributed by atoms with Crippen LogP contribution >= 0.6 is 11.6 Å². The van der Waals surface area contributed by atoms with Gasteiger partial charge in [-0.2, -0.15) is 0 Å². The third-order valence-corrected chi connectivity index (χ3v) is 4.65. The zero-order valence-electron chi connectivity index (χ0n) is 14.8. The number of carbonyl (C=O) groups is 1. The minimum atomic E-state index is -0.291. The molecule has 1 aliphatic heterocycles. The highest BCUT2D eigenvalue weighted by atomic mass is 35.5. The molecular formula is C20H21ClN2O3. The first-order chi connectivity index (χ1) is 12.5. The van der Waals surface area contributed by atoms with Crippen molar-refractivity contribution in [3.05, 3.63) is 63.3 Å². The van der Waals surface area contributed by atoms with Crippen LogP contribution in [0.25, 0.3) is 0 Å². The molecule has 2 aromatic rings. The van der Waals surface area contributed by atoms with Crippen molar-refractivity contribution >= 4 is 17.5 Å². The number of fused-ring (bicyclic) bond motifs is 2. The second-order valence-corrected chi connectivity index (χ2v) is 6.69. The number of amides is 1. The molecule has 0 saturated carbocycles. The van der Waals surface area contributed by atoms with E-state index in [1.54, 1.807) is 13.2 Å². The lowest BCUT2D eigenvalue weighted by atomic mass is 9.99. The van der Waals surface area contributed by atoms with Crippen LogP contribution in [0.1, 0.15) is 39.2 Å². The number of aryl methyl sites for hydroxylation is 2. The van der Waals surface area contributed by atoms with Gasteiger partial charge in [-0.05, 0) is 49.9 Å². The number of hydrogen-bond donors (Lipinski definition) is 2. The lowest BCUT2D eigenvalue weighted by molar-refractivity contribution is 0.0949. The zero-order valence-corrected chi connectivity index (χ0v) is 15.6. The minimum Gasteiger partial charge on any atom is -0.508 e. The van der Waals surface area contributed by atoms with Crippen LogP contribution in [0.3, 0.4) is 0 Å². The molecule has 6 heteroatoms. The molecule has 26 heavy (non-hydrogen) atoms. The van der Waals surface area contributed by atoms with Gasteiger partial charge in [-0.1, -0.05) is 23.8 Å². The van der Waals surface area contributed by atoms with Crippen molar-refractivity contribution in [3.8, 4) is 11.6 Å². The number of benzene rings is 1. The number of rotatable bonds is 1. The number of carbonyl (C=O) groups excluding carboxylic acids is 1. The number of nitrogens with one attached hydrogen (secondary N) is 1. The Hall–Kier alpha value is -2.53. The lowest BCUT2D eigenvalue weighted by Gasteiger charge is -2.17. The van der Waals surface area contributed by atoms with E-state index < -0.39 is 0 Å². The van der Waals surface area contributed by atoms with Gasteiger partial charge in [0.25, 0.3) is 5.91 Å². The Morgan fingerprint density at radius 3 is 2.81 bits per heavy atom. The number of aromatic hydroxyl groups is 1. The SMILES string of the molecule is COc1nc(C)cc2c1CNC(=O)c1cc(Cl)cc(O)c1C/C=C\CC2. The normalized spacial score (nSPS) is 15.7. The smallest absolute Gasteiger partial charge is 0.252 e. The molecule has 136 valence electrons. The van der Waals surface area contributed by atoms with Crippen molar-refractivity contribution in [2.24, 2.45) is 0 Å². The van der Waals surface area contributed by atoms with Crippen molar-refractivity contribution in [2.45, 2.75) is 32.7 Å². The van der Waals surface area contributed by atoms with E-state index in [-0.39, 0.29) is 11.7 Å². The van der Waals surface area contributed by atoms with E-state index in [2.05, 4.69) is 16.4 Å². The molecule has 2 N–H and O–H groups in total. The molecule has 0 unspecified atom stereocenters. The minimum absolute atomic E-state index is 0.0274. The molecule has 0 bridgehead atoms. The Balaban J connectivity index is 2.04. The van der Waals surface area contributed by atoms with Crippen molar-refractivity contribution in [1.82, 2.24) is 10.3 Å². The number of ether oxygens (including phenoxy) is 1. The van der Waals surface area contributed by atoms with E-state index in [0.717, 1.165) is 29.7 Å². The van der Waals surface area contributed by atoms with Gasteiger partial charge in [0.05, 0.1) is 7.11 Å². The van der Waals surface area contributed by atoms with Crippen molar-refractivity contribution < 1.29 is 14.6 Å². The molecule has 1 aromatic carbocycles. The number of allylic oxidation sites excluding steroid dienone is 2. The lowest BCUT2D eigenvalue weighted by Crippen LogP contribution is -2.25. The maximum absolute atomic E-state index is 12.7. The number of aromatic nitrogens is 1. The average molecular weight is 373 g/mol. The largest absolute Gasteiger partial charge is 0.508 e. The summed E-state index contributed by atoms with van der Waals surface area (Å²) in [5, 5.41) is 13.4. The molecule has 1 aliphatic rings. The highest BCUT2D eigenvalue weighted by Crippen LogP contribution is 2.28. The summed E-state index contributed by atoms with van der Waals surface area (Å²) in [4.78, 5) is 17.2. The van der Waals surface area contributed by atoms with E-state index in [4.69, 9.17) is 16.3 Å².